The van der Waals surface area contributed by atoms with E-state index in [1.807, 2.05) is 12.1 Å². The Morgan fingerprint density at radius 2 is 2.00 bits per heavy atom. The van der Waals surface area contributed by atoms with Crippen molar-refractivity contribution in [3.8, 4) is 0 Å². The van der Waals surface area contributed by atoms with Gasteiger partial charge in [-0.25, -0.2) is 0 Å². The van der Waals surface area contributed by atoms with E-state index in [0.29, 0.717) is 12.0 Å². The van der Waals surface area contributed by atoms with Crippen molar-refractivity contribution in [1.29, 1.82) is 0 Å². The molecule has 0 amide bonds. The molecule has 1 aromatic carbocycles. The van der Waals surface area contributed by atoms with Gasteiger partial charge in [-0.15, -0.1) is 0 Å². The second-order valence-electron chi connectivity index (χ2n) is 5.19. The van der Waals surface area contributed by atoms with E-state index < -0.39 is 0 Å². The molecular weight excluding hydrogens is 246 g/mol. The zero-order valence-electron chi connectivity index (χ0n) is 10.6. The van der Waals surface area contributed by atoms with Crippen molar-refractivity contribution >= 4 is 17.6 Å². The van der Waals surface area contributed by atoms with Crippen LogP contribution in [0.3, 0.4) is 0 Å². The minimum absolute atomic E-state index is 0.574. The van der Waals surface area contributed by atoms with E-state index >= 15 is 0 Å². The van der Waals surface area contributed by atoms with E-state index in [1.165, 1.54) is 18.4 Å². The molecule has 1 N–H and O–H groups in total. The summed E-state index contributed by atoms with van der Waals surface area (Å²) in [7, 11) is 2.09. The fourth-order valence-electron chi connectivity index (χ4n) is 2.61. The van der Waals surface area contributed by atoms with Crippen molar-refractivity contribution in [3.05, 3.63) is 34.9 Å². The van der Waals surface area contributed by atoms with Gasteiger partial charge in [-0.05, 0) is 36.5 Å². The Bertz CT molecular complexity index is 449. The van der Waals surface area contributed by atoms with Gasteiger partial charge in [0.1, 0.15) is 0 Å². The van der Waals surface area contributed by atoms with Crippen LogP contribution < -0.4 is 5.32 Å². The molecule has 96 valence electrons. The zero-order valence-corrected chi connectivity index (χ0v) is 11.3. The summed E-state index contributed by atoms with van der Waals surface area (Å²) in [5, 5.41) is 4.34. The average molecular weight is 264 g/mol. The van der Waals surface area contributed by atoms with Gasteiger partial charge in [0.2, 0.25) is 0 Å². The summed E-state index contributed by atoms with van der Waals surface area (Å²) in [4.78, 5) is 6.65. The molecule has 0 radical (unpaired) electrons. The molecule has 1 aromatic rings. The van der Waals surface area contributed by atoms with Crippen LogP contribution in [-0.4, -0.2) is 37.0 Å². The molecule has 0 bridgehead atoms. The zero-order chi connectivity index (χ0) is 12.5. The van der Waals surface area contributed by atoms with Gasteiger partial charge < -0.3 is 10.2 Å². The molecule has 1 saturated carbocycles. The molecule has 0 unspecified atom stereocenters. The van der Waals surface area contributed by atoms with Gasteiger partial charge in [-0.2, -0.15) is 0 Å². The predicted octanol–water partition coefficient (Wildman–Crippen LogP) is 2.48. The molecule has 0 spiro atoms. The van der Waals surface area contributed by atoms with Crippen LogP contribution in [-0.2, 0) is 0 Å². The first-order chi connectivity index (χ1) is 8.72. The van der Waals surface area contributed by atoms with Crippen LogP contribution in [0.2, 0.25) is 5.02 Å². The van der Waals surface area contributed by atoms with Gasteiger partial charge in [-0.1, -0.05) is 23.7 Å². The Balaban J connectivity index is 1.52. The number of nitrogens with zero attached hydrogens (tertiary/aromatic N) is 2. The predicted molar refractivity (Wildman–Crippen MR) is 75.3 cm³/mol. The molecule has 1 fully saturated rings. The highest BCUT2D eigenvalue weighted by atomic mass is 35.5. The Morgan fingerprint density at radius 3 is 2.61 bits per heavy atom. The highest BCUT2D eigenvalue weighted by Gasteiger charge is 2.31. The van der Waals surface area contributed by atoms with Crippen LogP contribution in [0.5, 0.6) is 0 Å². The van der Waals surface area contributed by atoms with Gasteiger partial charge in [0, 0.05) is 24.7 Å². The fraction of sp³-hybridized carbons (Fsp3) is 0.500. The number of benzene rings is 1. The van der Waals surface area contributed by atoms with E-state index in [1.54, 1.807) is 0 Å². The highest BCUT2D eigenvalue weighted by Crippen LogP contribution is 2.37. The number of hydrogen-bond acceptors (Lipinski definition) is 3. The lowest BCUT2D eigenvalue weighted by Gasteiger charge is -2.37. The normalized spacial score (nSPS) is 26.8. The summed E-state index contributed by atoms with van der Waals surface area (Å²) in [6.07, 6.45) is 2.38. The van der Waals surface area contributed by atoms with Crippen LogP contribution in [0, 0.1) is 0 Å². The molecule has 3 rings (SSSR count). The third-order valence-electron chi connectivity index (χ3n) is 3.87. The maximum absolute atomic E-state index is 5.90. The molecule has 1 heterocycles. The Labute approximate surface area is 113 Å². The number of halogens is 1. The summed E-state index contributed by atoms with van der Waals surface area (Å²) >= 11 is 5.90. The van der Waals surface area contributed by atoms with Crippen LogP contribution >= 0.6 is 11.6 Å². The fourth-order valence-corrected chi connectivity index (χ4v) is 2.74. The lowest BCUT2D eigenvalue weighted by Crippen LogP contribution is -2.47. The van der Waals surface area contributed by atoms with Crippen LogP contribution in [0.15, 0.2) is 29.3 Å². The SMILES string of the molecule is CN1CCN=C1NC1CC(c2ccc(Cl)cc2)C1. The van der Waals surface area contributed by atoms with E-state index in [-0.39, 0.29) is 0 Å². The largest absolute Gasteiger partial charge is 0.353 e. The number of guanidine groups is 1. The molecule has 0 saturated heterocycles. The number of aliphatic imine (C=N–C) groups is 1. The second-order valence-corrected chi connectivity index (χ2v) is 5.62. The minimum Gasteiger partial charge on any atom is -0.353 e. The van der Waals surface area contributed by atoms with E-state index in [0.717, 1.165) is 24.1 Å². The maximum Gasteiger partial charge on any atom is 0.194 e. The van der Waals surface area contributed by atoms with Gasteiger partial charge >= 0.3 is 0 Å². The standard InChI is InChI=1S/C14H18ClN3/c1-18-7-6-16-14(18)17-13-8-11(9-13)10-2-4-12(15)5-3-10/h2-5,11,13H,6-9H2,1H3,(H,16,17). The molecule has 0 atom stereocenters. The molecule has 2 aliphatic rings. The van der Waals surface area contributed by atoms with Crippen molar-refractivity contribution in [2.45, 2.75) is 24.8 Å². The molecule has 1 aliphatic carbocycles. The molecule has 18 heavy (non-hydrogen) atoms. The lowest BCUT2D eigenvalue weighted by molar-refractivity contribution is 0.316. The Kier molecular flexibility index (Phi) is 3.16. The Morgan fingerprint density at radius 1 is 1.28 bits per heavy atom. The maximum atomic E-state index is 5.90. The number of nitrogens with one attached hydrogen (secondary N) is 1. The van der Waals surface area contributed by atoms with Gasteiger partial charge in [-0.3, -0.25) is 4.99 Å². The summed E-state index contributed by atoms with van der Waals surface area (Å²) in [5.74, 6) is 1.74. The summed E-state index contributed by atoms with van der Waals surface area (Å²) < 4.78 is 0. The van der Waals surface area contributed by atoms with Crippen molar-refractivity contribution in [2.24, 2.45) is 4.99 Å². The first-order valence-corrected chi connectivity index (χ1v) is 6.88. The van der Waals surface area contributed by atoms with E-state index in [9.17, 15) is 0 Å². The molecule has 3 nitrogen and oxygen atoms in total. The van der Waals surface area contributed by atoms with Gasteiger partial charge in [0.15, 0.2) is 5.96 Å². The van der Waals surface area contributed by atoms with E-state index in [2.05, 4.69) is 34.4 Å². The van der Waals surface area contributed by atoms with Crippen LogP contribution in [0.25, 0.3) is 0 Å². The topological polar surface area (TPSA) is 27.6 Å². The smallest absolute Gasteiger partial charge is 0.194 e. The quantitative estimate of drug-likeness (QED) is 0.888. The first kappa shape index (κ1) is 11.8. The average Bonchev–Trinajstić information content (AvgIpc) is 2.71. The van der Waals surface area contributed by atoms with Crippen molar-refractivity contribution in [2.75, 3.05) is 20.1 Å². The van der Waals surface area contributed by atoms with Gasteiger partial charge in [0.25, 0.3) is 0 Å². The van der Waals surface area contributed by atoms with Gasteiger partial charge in [0.05, 0.1) is 6.54 Å². The molecule has 1 aliphatic heterocycles. The summed E-state index contributed by atoms with van der Waals surface area (Å²) in [5.41, 5.74) is 1.40. The molecular formula is C14H18ClN3. The molecule has 0 aromatic heterocycles. The van der Waals surface area contributed by atoms with Crippen LogP contribution in [0.4, 0.5) is 0 Å². The van der Waals surface area contributed by atoms with Crippen molar-refractivity contribution in [3.63, 3.8) is 0 Å². The number of rotatable bonds is 2. The third kappa shape index (κ3) is 2.32. The number of hydrogen-bond donors (Lipinski definition) is 1. The van der Waals surface area contributed by atoms with Crippen molar-refractivity contribution in [1.82, 2.24) is 10.2 Å². The first-order valence-electron chi connectivity index (χ1n) is 6.50. The Hall–Kier alpha value is -1.22. The third-order valence-corrected chi connectivity index (χ3v) is 4.12. The summed E-state index contributed by atoms with van der Waals surface area (Å²) in [6.45, 7) is 1.96. The lowest BCUT2D eigenvalue weighted by atomic mass is 9.76. The summed E-state index contributed by atoms with van der Waals surface area (Å²) in [6, 6.07) is 8.81. The molecule has 4 heteroatoms. The van der Waals surface area contributed by atoms with Crippen molar-refractivity contribution < 1.29 is 0 Å². The van der Waals surface area contributed by atoms with Crippen LogP contribution in [0.1, 0.15) is 24.3 Å². The second kappa shape index (κ2) is 4.81. The minimum atomic E-state index is 0.574. The van der Waals surface area contributed by atoms with E-state index in [4.69, 9.17) is 11.6 Å². The monoisotopic (exact) mass is 263 g/mol. The highest BCUT2D eigenvalue weighted by molar-refractivity contribution is 6.30. The number of likely N-dealkylation sites (N-methyl/N-ethyl adjacent to an activating group) is 1.